The van der Waals surface area contributed by atoms with Gasteiger partial charge in [0.15, 0.2) is 4.93 Å². The van der Waals surface area contributed by atoms with Crippen LogP contribution < -0.4 is 0 Å². The highest BCUT2D eigenvalue weighted by Gasteiger charge is 2.64. The minimum atomic E-state index is -2.30. The minimum Gasteiger partial charge on any atom is -0.481 e. The van der Waals surface area contributed by atoms with Crippen LogP contribution in [0.2, 0.25) is 0 Å². The van der Waals surface area contributed by atoms with Crippen LogP contribution in [0.3, 0.4) is 0 Å². The van der Waals surface area contributed by atoms with E-state index in [0.29, 0.717) is 11.8 Å². The highest BCUT2D eigenvalue weighted by atomic mass is 32.2. The number of rotatable bonds is 5. The van der Waals surface area contributed by atoms with Crippen LogP contribution in [0.4, 0.5) is 0 Å². The number of carbonyl (C=O) groups is 1. The van der Waals surface area contributed by atoms with Gasteiger partial charge in [0.2, 0.25) is 0 Å². The SMILES string of the molecule is O=C(O)CS[C@@]1(O)CO[C@H]2[C@@H]1OC[C@]2(O)O[N+](=O)[O-]. The van der Waals surface area contributed by atoms with Gasteiger partial charge in [-0.1, -0.05) is 0 Å². The Morgan fingerprint density at radius 1 is 1.42 bits per heavy atom. The minimum absolute atomic E-state index is 0.330. The molecule has 0 spiro atoms. The van der Waals surface area contributed by atoms with Crippen molar-refractivity contribution in [2.24, 2.45) is 0 Å². The lowest BCUT2D eigenvalue weighted by atomic mass is 10.1. The molecule has 2 fully saturated rings. The molecule has 0 radical (unpaired) electrons. The van der Waals surface area contributed by atoms with Crippen molar-refractivity contribution >= 4 is 17.7 Å². The number of carboxylic acids is 1. The predicted molar refractivity (Wildman–Crippen MR) is 57.6 cm³/mol. The van der Waals surface area contributed by atoms with Gasteiger partial charge in [-0.15, -0.1) is 21.9 Å². The van der Waals surface area contributed by atoms with Gasteiger partial charge in [-0.3, -0.25) is 9.63 Å². The van der Waals surface area contributed by atoms with E-state index in [2.05, 4.69) is 4.84 Å². The fourth-order valence-electron chi connectivity index (χ4n) is 2.01. The number of nitrogens with zero attached hydrogens (tertiary/aromatic N) is 1. The maximum absolute atomic E-state index is 10.5. The molecular weight excluding hydrogens is 286 g/mol. The molecule has 2 heterocycles. The summed E-state index contributed by atoms with van der Waals surface area (Å²) in [6.45, 7) is -0.886. The number of ether oxygens (including phenoxy) is 2. The van der Waals surface area contributed by atoms with E-state index in [1.165, 1.54) is 0 Å². The fourth-order valence-corrected chi connectivity index (χ4v) is 2.89. The Morgan fingerprint density at radius 3 is 2.63 bits per heavy atom. The molecule has 0 saturated carbocycles. The molecule has 0 aromatic carbocycles. The number of hydrogen-bond donors (Lipinski definition) is 3. The summed E-state index contributed by atoms with van der Waals surface area (Å²) in [7, 11) is 0. The number of thioether (sulfide) groups is 1. The average molecular weight is 297 g/mol. The van der Waals surface area contributed by atoms with E-state index >= 15 is 0 Å². The third-order valence-electron chi connectivity index (χ3n) is 2.78. The second-order valence-electron chi connectivity index (χ2n) is 4.15. The zero-order valence-electron chi connectivity index (χ0n) is 9.42. The average Bonchev–Trinajstić information content (AvgIpc) is 2.77. The first kappa shape index (κ1) is 14.3. The molecule has 0 aromatic rings. The lowest BCUT2D eigenvalue weighted by Gasteiger charge is -2.25. The highest BCUT2D eigenvalue weighted by Crippen LogP contribution is 2.44. The number of aliphatic carboxylic acids is 1. The van der Waals surface area contributed by atoms with Crippen molar-refractivity contribution in [3.63, 3.8) is 0 Å². The molecular formula is C8H11NO9S. The Labute approximate surface area is 110 Å². The Morgan fingerprint density at radius 2 is 2.05 bits per heavy atom. The van der Waals surface area contributed by atoms with Gasteiger partial charge >= 0.3 is 5.97 Å². The molecule has 0 aliphatic carbocycles. The first-order valence-corrected chi connectivity index (χ1v) is 6.13. The predicted octanol–water partition coefficient (Wildman–Crippen LogP) is -1.81. The largest absolute Gasteiger partial charge is 0.481 e. The van der Waals surface area contributed by atoms with E-state index < -0.39 is 46.3 Å². The summed E-state index contributed by atoms with van der Waals surface area (Å²) >= 11 is 0.660. The quantitative estimate of drug-likeness (QED) is 0.301. The standard InChI is InChI=1S/C8H11NO9S/c10-4(11)1-19-8(13)3-17-5-6(8)16-2-7(5,12)18-9(14)15/h5-6,12-13H,1-3H2,(H,10,11)/t5-,6-,7-,8-/m0/s1. The van der Waals surface area contributed by atoms with Crippen molar-refractivity contribution in [1.82, 2.24) is 0 Å². The van der Waals surface area contributed by atoms with Gasteiger partial charge in [0.25, 0.3) is 10.9 Å². The molecule has 2 aliphatic heterocycles. The second kappa shape index (κ2) is 4.76. The van der Waals surface area contributed by atoms with Gasteiger partial charge in [0, 0.05) is 0 Å². The summed E-state index contributed by atoms with van der Waals surface area (Å²) in [6, 6.07) is 0. The molecule has 4 atom stereocenters. The molecule has 0 aromatic heterocycles. The van der Waals surface area contributed by atoms with Gasteiger partial charge in [-0.05, 0) is 0 Å². The van der Waals surface area contributed by atoms with E-state index in [1.54, 1.807) is 0 Å². The topological polar surface area (TPSA) is 149 Å². The molecule has 11 heteroatoms. The molecule has 108 valence electrons. The van der Waals surface area contributed by atoms with Crippen LogP contribution in [-0.4, -0.2) is 68.3 Å². The molecule has 19 heavy (non-hydrogen) atoms. The second-order valence-corrected chi connectivity index (χ2v) is 5.43. The summed E-state index contributed by atoms with van der Waals surface area (Å²) in [5, 5.41) is 37.8. The molecule has 2 aliphatic rings. The maximum Gasteiger partial charge on any atom is 0.313 e. The smallest absolute Gasteiger partial charge is 0.313 e. The Kier molecular flexibility index (Phi) is 3.57. The summed E-state index contributed by atoms with van der Waals surface area (Å²) in [4.78, 5) is 23.2. The van der Waals surface area contributed by atoms with E-state index in [4.69, 9.17) is 14.6 Å². The number of carboxylic acid groups (broad SMARTS) is 1. The van der Waals surface area contributed by atoms with E-state index in [9.17, 15) is 25.1 Å². The summed E-state index contributed by atoms with van der Waals surface area (Å²) in [5.74, 6) is -3.85. The number of hydrogen-bond acceptors (Lipinski definition) is 9. The van der Waals surface area contributed by atoms with Gasteiger partial charge in [-0.25, -0.2) is 0 Å². The van der Waals surface area contributed by atoms with Gasteiger partial charge in [0.05, 0.1) is 12.4 Å². The van der Waals surface area contributed by atoms with Crippen LogP contribution in [0.1, 0.15) is 0 Å². The Hall–Kier alpha value is -1.14. The van der Waals surface area contributed by atoms with E-state index in [1.807, 2.05) is 0 Å². The Bertz CT molecular complexity index is 406. The van der Waals surface area contributed by atoms with Crippen LogP contribution in [0.25, 0.3) is 0 Å². The molecule has 2 saturated heterocycles. The highest BCUT2D eigenvalue weighted by molar-refractivity contribution is 8.01. The van der Waals surface area contributed by atoms with E-state index in [0.717, 1.165) is 0 Å². The van der Waals surface area contributed by atoms with Crippen LogP contribution in [0, 0.1) is 10.1 Å². The molecule has 2 rings (SSSR count). The van der Waals surface area contributed by atoms with Crippen molar-refractivity contribution in [2.75, 3.05) is 19.0 Å². The zero-order valence-corrected chi connectivity index (χ0v) is 10.2. The third-order valence-corrected chi connectivity index (χ3v) is 4.02. The normalized spacial score (nSPS) is 40.9. The summed E-state index contributed by atoms with van der Waals surface area (Å²) < 4.78 is 10.1. The lowest BCUT2D eigenvalue weighted by Crippen LogP contribution is -2.48. The van der Waals surface area contributed by atoms with Crippen molar-refractivity contribution < 1.29 is 39.5 Å². The fraction of sp³-hybridized carbons (Fsp3) is 0.875. The maximum atomic E-state index is 10.5. The molecule has 0 bridgehead atoms. The first-order valence-electron chi connectivity index (χ1n) is 5.14. The van der Waals surface area contributed by atoms with Gasteiger partial charge in [0.1, 0.15) is 18.8 Å². The third kappa shape index (κ3) is 2.60. The first-order chi connectivity index (χ1) is 8.77. The van der Waals surface area contributed by atoms with Gasteiger partial charge < -0.3 is 24.8 Å². The van der Waals surface area contributed by atoms with E-state index in [-0.39, 0.29) is 6.61 Å². The molecule has 0 unspecified atom stereocenters. The van der Waals surface area contributed by atoms with Crippen molar-refractivity contribution in [2.45, 2.75) is 22.9 Å². The van der Waals surface area contributed by atoms with Crippen molar-refractivity contribution in [3.05, 3.63) is 10.1 Å². The summed E-state index contributed by atoms with van der Waals surface area (Å²) in [5.41, 5.74) is 0. The molecule has 10 nitrogen and oxygen atoms in total. The van der Waals surface area contributed by atoms with Crippen LogP contribution in [0.15, 0.2) is 0 Å². The van der Waals surface area contributed by atoms with Gasteiger partial charge in [-0.2, -0.15) is 0 Å². The number of aliphatic hydroxyl groups is 2. The van der Waals surface area contributed by atoms with Crippen molar-refractivity contribution in [3.8, 4) is 0 Å². The summed E-state index contributed by atoms with van der Waals surface area (Å²) in [6.07, 6.45) is -2.37. The van der Waals surface area contributed by atoms with Crippen LogP contribution in [-0.2, 0) is 19.1 Å². The zero-order chi connectivity index (χ0) is 14.3. The van der Waals surface area contributed by atoms with Crippen LogP contribution >= 0.6 is 11.8 Å². The van der Waals surface area contributed by atoms with Crippen molar-refractivity contribution in [1.29, 1.82) is 0 Å². The van der Waals surface area contributed by atoms with Crippen LogP contribution in [0.5, 0.6) is 0 Å². The molecule has 0 amide bonds. The Balaban J connectivity index is 2.08. The number of fused-ring (bicyclic) bond motifs is 1. The molecule has 3 N–H and O–H groups in total. The monoisotopic (exact) mass is 297 g/mol. The lowest BCUT2D eigenvalue weighted by molar-refractivity contribution is -0.797.